The van der Waals surface area contributed by atoms with Crippen LogP contribution in [0.1, 0.15) is 26.3 Å². The topological polar surface area (TPSA) is 17.1 Å². The minimum atomic E-state index is -0.270. The predicted octanol–water partition coefficient (Wildman–Crippen LogP) is 4.41. The van der Waals surface area contributed by atoms with E-state index in [0.29, 0.717) is 12.0 Å². The van der Waals surface area contributed by atoms with Crippen LogP contribution in [0.5, 0.6) is 0 Å². The monoisotopic (exact) mass is 258 g/mol. The van der Waals surface area contributed by atoms with Crippen LogP contribution in [0.2, 0.25) is 0 Å². The maximum atomic E-state index is 12.9. The van der Waals surface area contributed by atoms with E-state index >= 15 is 0 Å². The molecule has 0 bridgehead atoms. The molecule has 0 aliphatic rings. The Morgan fingerprint density at radius 2 is 1.84 bits per heavy atom. The van der Waals surface area contributed by atoms with Crippen molar-refractivity contribution in [1.29, 1.82) is 0 Å². The molecule has 0 N–H and O–H groups in total. The van der Waals surface area contributed by atoms with E-state index in [2.05, 4.69) is 6.58 Å². The van der Waals surface area contributed by atoms with E-state index in [1.165, 1.54) is 12.1 Å². The first-order valence-electron chi connectivity index (χ1n) is 6.22. The molecule has 0 saturated carbocycles. The molecule has 1 aromatic rings. The van der Waals surface area contributed by atoms with Gasteiger partial charge in [-0.15, -0.1) is 0 Å². The summed E-state index contributed by atoms with van der Waals surface area (Å²) < 4.78 is 12.9. The second-order valence-corrected chi connectivity index (χ2v) is 4.55. The molecule has 0 aliphatic carbocycles. The van der Waals surface area contributed by atoms with E-state index in [4.69, 9.17) is 0 Å². The van der Waals surface area contributed by atoms with Crippen molar-refractivity contribution in [3.63, 3.8) is 0 Å². The molecule has 0 amide bonds. The highest BCUT2D eigenvalue weighted by atomic mass is 19.1. The molecule has 2 heteroatoms. The Morgan fingerprint density at radius 3 is 2.26 bits per heavy atom. The number of hydrogen-bond donors (Lipinski definition) is 0. The number of hydrogen-bond acceptors (Lipinski definition) is 1. The third kappa shape index (κ3) is 4.66. The molecule has 0 unspecified atom stereocenters. The third-order valence-electron chi connectivity index (χ3n) is 2.89. The standard InChI is InChI=1S/C17H19FO/c1-5-15(12(2)3)11-16(13(4)19)10-14-6-8-17(18)9-7-14/h5-9,11H,2,10H2,1,3-4H3/b15-5-,16-11-. The van der Waals surface area contributed by atoms with Gasteiger partial charge in [-0.25, -0.2) is 4.39 Å². The van der Waals surface area contributed by atoms with Crippen LogP contribution >= 0.6 is 0 Å². The molecule has 0 radical (unpaired) electrons. The number of ketones is 1. The lowest BCUT2D eigenvalue weighted by Gasteiger charge is -2.07. The van der Waals surface area contributed by atoms with E-state index in [1.54, 1.807) is 19.1 Å². The summed E-state index contributed by atoms with van der Waals surface area (Å²) in [5, 5.41) is 0. The van der Waals surface area contributed by atoms with Crippen LogP contribution in [0.3, 0.4) is 0 Å². The van der Waals surface area contributed by atoms with E-state index in [-0.39, 0.29) is 11.6 Å². The molecule has 0 spiro atoms. The molecule has 1 nitrogen and oxygen atoms in total. The van der Waals surface area contributed by atoms with E-state index in [9.17, 15) is 9.18 Å². The molecule has 1 rings (SSSR count). The Bertz CT molecular complexity index is 533. The van der Waals surface area contributed by atoms with E-state index < -0.39 is 0 Å². The van der Waals surface area contributed by atoms with Gasteiger partial charge in [0.15, 0.2) is 5.78 Å². The summed E-state index contributed by atoms with van der Waals surface area (Å²) in [6.45, 7) is 9.24. The molecule has 0 fully saturated rings. The Labute approximate surface area is 114 Å². The van der Waals surface area contributed by atoms with Gasteiger partial charge in [-0.1, -0.05) is 30.4 Å². The van der Waals surface area contributed by atoms with Crippen LogP contribution in [-0.4, -0.2) is 5.78 Å². The fourth-order valence-electron chi connectivity index (χ4n) is 1.74. The first-order valence-corrected chi connectivity index (χ1v) is 6.22. The fraction of sp³-hybridized carbons (Fsp3) is 0.235. The van der Waals surface area contributed by atoms with Crippen molar-refractivity contribution in [3.05, 3.63) is 71.1 Å². The molecule has 100 valence electrons. The zero-order chi connectivity index (χ0) is 14.4. The molecular formula is C17H19FO. The Hall–Kier alpha value is -1.96. The lowest BCUT2D eigenvalue weighted by atomic mass is 9.97. The van der Waals surface area contributed by atoms with Crippen LogP contribution in [0.4, 0.5) is 4.39 Å². The van der Waals surface area contributed by atoms with Gasteiger partial charge in [0.2, 0.25) is 0 Å². The number of allylic oxidation sites excluding steroid dienone is 5. The third-order valence-corrected chi connectivity index (χ3v) is 2.89. The van der Waals surface area contributed by atoms with Crippen LogP contribution in [0.15, 0.2) is 59.7 Å². The lowest BCUT2D eigenvalue weighted by Crippen LogP contribution is -2.02. The number of halogens is 1. The van der Waals surface area contributed by atoms with Gasteiger partial charge in [-0.2, -0.15) is 0 Å². The summed E-state index contributed by atoms with van der Waals surface area (Å²) in [4.78, 5) is 11.7. The SMILES string of the molecule is C=C(C)C(=C\C)/C=C(/Cc1ccc(F)cc1)C(C)=O. The summed E-state index contributed by atoms with van der Waals surface area (Å²) in [7, 11) is 0. The van der Waals surface area contributed by atoms with Gasteiger partial charge in [-0.3, -0.25) is 4.79 Å². The first-order chi connectivity index (χ1) is 8.93. The van der Waals surface area contributed by atoms with Crippen molar-refractivity contribution in [2.24, 2.45) is 0 Å². The summed E-state index contributed by atoms with van der Waals surface area (Å²) in [5.41, 5.74) is 3.48. The van der Waals surface area contributed by atoms with Crippen LogP contribution in [0, 0.1) is 5.82 Å². The van der Waals surface area contributed by atoms with E-state index in [1.807, 2.05) is 26.0 Å². The molecular weight excluding hydrogens is 239 g/mol. The smallest absolute Gasteiger partial charge is 0.156 e. The number of Topliss-reactive ketones (excluding diaryl/α,β-unsaturated/α-hetero) is 1. The highest BCUT2D eigenvalue weighted by Gasteiger charge is 2.07. The molecule has 0 heterocycles. The molecule has 0 atom stereocenters. The zero-order valence-electron chi connectivity index (χ0n) is 11.7. The molecule has 19 heavy (non-hydrogen) atoms. The number of carbonyl (C=O) groups is 1. The average molecular weight is 258 g/mol. The quantitative estimate of drug-likeness (QED) is 0.565. The van der Waals surface area contributed by atoms with Gasteiger partial charge < -0.3 is 0 Å². The molecule has 0 aromatic heterocycles. The van der Waals surface area contributed by atoms with Crippen LogP contribution in [-0.2, 0) is 11.2 Å². The Kier molecular flexibility index (Phi) is 5.43. The van der Waals surface area contributed by atoms with Gasteiger partial charge in [-0.05, 0) is 55.7 Å². The number of carbonyl (C=O) groups excluding carboxylic acids is 1. The van der Waals surface area contributed by atoms with Gasteiger partial charge in [0, 0.05) is 6.42 Å². The largest absolute Gasteiger partial charge is 0.295 e. The van der Waals surface area contributed by atoms with Gasteiger partial charge in [0.25, 0.3) is 0 Å². The highest BCUT2D eigenvalue weighted by molar-refractivity contribution is 5.94. The normalized spacial score (nSPS) is 12.4. The van der Waals surface area contributed by atoms with Crippen molar-refractivity contribution in [3.8, 4) is 0 Å². The van der Waals surface area contributed by atoms with Gasteiger partial charge in [0.1, 0.15) is 5.82 Å². The maximum absolute atomic E-state index is 12.9. The van der Waals surface area contributed by atoms with Crippen molar-refractivity contribution < 1.29 is 9.18 Å². The first kappa shape index (κ1) is 15.1. The van der Waals surface area contributed by atoms with Crippen LogP contribution < -0.4 is 0 Å². The Morgan fingerprint density at radius 1 is 1.26 bits per heavy atom. The van der Waals surface area contributed by atoms with Crippen molar-refractivity contribution in [2.75, 3.05) is 0 Å². The van der Waals surface area contributed by atoms with Crippen molar-refractivity contribution in [2.45, 2.75) is 27.2 Å². The minimum absolute atomic E-state index is 0.0184. The van der Waals surface area contributed by atoms with Gasteiger partial charge in [0.05, 0.1) is 0 Å². The van der Waals surface area contributed by atoms with Crippen molar-refractivity contribution in [1.82, 2.24) is 0 Å². The summed E-state index contributed by atoms with van der Waals surface area (Å²) in [6.07, 6.45) is 4.28. The zero-order valence-corrected chi connectivity index (χ0v) is 11.7. The molecule has 1 aromatic carbocycles. The Balaban J connectivity index is 3.02. The average Bonchev–Trinajstić information content (AvgIpc) is 2.36. The molecule has 0 aliphatic heterocycles. The van der Waals surface area contributed by atoms with Gasteiger partial charge >= 0.3 is 0 Å². The number of benzene rings is 1. The minimum Gasteiger partial charge on any atom is -0.295 e. The van der Waals surface area contributed by atoms with E-state index in [0.717, 1.165) is 16.7 Å². The number of rotatable bonds is 5. The summed E-state index contributed by atoms with van der Waals surface area (Å²) in [5.74, 6) is -0.252. The lowest BCUT2D eigenvalue weighted by molar-refractivity contribution is -0.113. The fourth-order valence-corrected chi connectivity index (χ4v) is 1.74. The highest BCUT2D eigenvalue weighted by Crippen LogP contribution is 2.16. The summed E-state index contributed by atoms with van der Waals surface area (Å²) in [6, 6.07) is 6.20. The second kappa shape index (κ2) is 6.83. The van der Waals surface area contributed by atoms with Crippen LogP contribution in [0.25, 0.3) is 0 Å². The maximum Gasteiger partial charge on any atom is 0.156 e. The van der Waals surface area contributed by atoms with Crippen molar-refractivity contribution >= 4 is 5.78 Å². The summed E-state index contributed by atoms with van der Waals surface area (Å²) >= 11 is 0. The second-order valence-electron chi connectivity index (χ2n) is 4.55. The molecule has 0 saturated heterocycles. The predicted molar refractivity (Wildman–Crippen MR) is 77.4 cm³/mol.